The predicted molar refractivity (Wildman–Crippen MR) is 283 cm³/mol. The molecule has 0 heterocycles. The van der Waals surface area contributed by atoms with Gasteiger partial charge in [0.25, 0.3) is 0 Å². The van der Waals surface area contributed by atoms with Gasteiger partial charge in [-0.3, -0.25) is 43.3 Å². The van der Waals surface area contributed by atoms with Gasteiger partial charge in [-0.2, -0.15) is 0 Å². The van der Waals surface area contributed by atoms with Gasteiger partial charge in [0.2, 0.25) is 35.4 Å². The highest BCUT2D eigenvalue weighted by molar-refractivity contribution is 7.46. The first-order chi connectivity index (χ1) is 37.0. The minimum atomic E-state index is -4.94. The van der Waals surface area contributed by atoms with Crippen LogP contribution in [0.3, 0.4) is 0 Å². The van der Waals surface area contributed by atoms with Crippen LogP contribution in [0.1, 0.15) is 98.0 Å². The summed E-state index contributed by atoms with van der Waals surface area (Å²) < 4.78 is 42.8. The molecule has 0 aliphatic carbocycles. The monoisotopic (exact) mass is 1120 g/mol. The van der Waals surface area contributed by atoms with Gasteiger partial charge in [-0.25, -0.2) is 9.36 Å². The SMILES string of the molecule is CCC(C)[C@H](NC(=O)[C@H](CCC(=O)OC(C)(C)C)NC(=O)[C@H](CCC(=O)Nc1ccc(N=[N+]=[N-])cc1)NC(=O)[C@H](Cc1ccc(OP(=O)(O)O)cc1)NC(=O)CCC(=O)NCCCOCCOCCOCCCN)C(=O)OC. The minimum absolute atomic E-state index is 0.214. The first kappa shape index (κ1) is 67.4. The molecule has 0 saturated heterocycles. The molecule has 434 valence electrons. The molecule has 27 nitrogen and oxygen atoms in total. The van der Waals surface area contributed by atoms with Crippen molar-refractivity contribution in [1.82, 2.24) is 26.6 Å². The van der Waals surface area contributed by atoms with Crippen LogP contribution >= 0.6 is 7.82 Å². The van der Waals surface area contributed by atoms with E-state index in [1.807, 2.05) is 0 Å². The van der Waals surface area contributed by atoms with Gasteiger partial charge in [-0.1, -0.05) is 49.6 Å². The number of phosphoric ester groups is 1. The summed E-state index contributed by atoms with van der Waals surface area (Å²) in [7, 11) is -3.80. The summed E-state index contributed by atoms with van der Waals surface area (Å²) >= 11 is 0. The lowest BCUT2D eigenvalue weighted by atomic mass is 9.98. The zero-order chi connectivity index (χ0) is 58.1. The second-order valence-corrected chi connectivity index (χ2v) is 19.9. The van der Waals surface area contributed by atoms with E-state index in [-0.39, 0.29) is 50.1 Å². The van der Waals surface area contributed by atoms with Gasteiger partial charge in [0.1, 0.15) is 35.5 Å². The average molecular weight is 1120 g/mol. The van der Waals surface area contributed by atoms with Crippen LogP contribution in [0.5, 0.6) is 5.75 Å². The molecule has 0 aromatic heterocycles. The lowest BCUT2D eigenvalue weighted by Gasteiger charge is -2.28. The molecule has 0 fully saturated rings. The second kappa shape index (κ2) is 36.4. The molecule has 0 aliphatic heterocycles. The zero-order valence-electron chi connectivity index (χ0n) is 45.1. The Kier molecular flexibility index (Phi) is 31.5. The van der Waals surface area contributed by atoms with Crippen molar-refractivity contribution in [2.24, 2.45) is 16.8 Å². The molecule has 2 rings (SSSR count). The number of carbonyl (C=O) groups excluding carboxylic acids is 8. The Labute approximate surface area is 453 Å². The van der Waals surface area contributed by atoms with Crippen LogP contribution in [0.15, 0.2) is 53.6 Å². The van der Waals surface area contributed by atoms with Crippen molar-refractivity contribution < 1.29 is 80.9 Å². The van der Waals surface area contributed by atoms with Crippen molar-refractivity contribution >= 4 is 66.6 Å². The van der Waals surface area contributed by atoms with E-state index < -0.39 is 104 Å². The summed E-state index contributed by atoms with van der Waals surface area (Å²) in [5.74, 6) is -6.89. The van der Waals surface area contributed by atoms with Gasteiger partial charge < -0.3 is 65.8 Å². The summed E-state index contributed by atoms with van der Waals surface area (Å²) in [5, 5.41) is 19.1. The molecule has 2 aromatic rings. The first-order valence-electron chi connectivity index (χ1n) is 25.5. The minimum Gasteiger partial charge on any atom is -0.467 e. The molecule has 0 bridgehead atoms. The van der Waals surface area contributed by atoms with Gasteiger partial charge in [0.15, 0.2) is 0 Å². The molecule has 0 spiro atoms. The fourth-order valence-electron chi connectivity index (χ4n) is 6.93. The number of hydrogen-bond acceptors (Lipinski definition) is 17. The van der Waals surface area contributed by atoms with Crippen LogP contribution < -0.4 is 42.2 Å². The maximum Gasteiger partial charge on any atom is 0.524 e. The number of rotatable bonds is 38. The smallest absolute Gasteiger partial charge is 0.467 e. The molecular formula is C50H77N10O17P. The highest BCUT2D eigenvalue weighted by atomic mass is 31.2. The molecule has 0 saturated carbocycles. The Morgan fingerprint density at radius 2 is 1.27 bits per heavy atom. The topological polar surface area (TPSA) is 396 Å². The molecule has 1 unspecified atom stereocenters. The lowest BCUT2D eigenvalue weighted by Crippen LogP contribution is -2.58. The molecule has 28 heteroatoms. The van der Waals surface area contributed by atoms with E-state index in [2.05, 4.69) is 46.5 Å². The molecule has 2 aromatic carbocycles. The Bertz CT molecular complexity index is 2330. The molecule has 0 radical (unpaired) electrons. The standard InChI is InChI=1S/C50H77N10O17P/c1-7-33(2)45(49(68)72-6)58-47(66)39(19-23-44(64)76-50(3,4)5)56-46(65)38(18-20-42(62)54-35-12-14-36(15-13-35)59-60-52)57-48(67)40(32-34-10-16-37(17-11-34)77-78(69,70)71)55-43(63)22-21-41(61)53-25-9-27-74-29-31-75-30-28-73-26-8-24-51/h10-17,33,38-40,45H,7-9,18-32,51H2,1-6H3,(H,53,61)(H,54,62)(H,55,63)(H,56,65)(H,57,67)(H,58,66)(H2,69,70,71)/t33?,38-,39-,40-,45-/m0/s1. The number of hydrogen-bond donors (Lipinski definition) is 9. The van der Waals surface area contributed by atoms with E-state index in [4.69, 9.17) is 34.9 Å². The van der Waals surface area contributed by atoms with Crippen molar-refractivity contribution in [3.63, 3.8) is 0 Å². The number of phosphoric acid groups is 1. The van der Waals surface area contributed by atoms with Crippen LogP contribution in [-0.2, 0) is 73.0 Å². The normalized spacial score (nSPS) is 13.2. The van der Waals surface area contributed by atoms with E-state index in [9.17, 15) is 52.7 Å². The summed E-state index contributed by atoms with van der Waals surface area (Å²) in [6, 6.07) is 5.14. The number of nitrogens with two attached hydrogens (primary N) is 1. The third-order valence-corrected chi connectivity index (χ3v) is 11.6. The predicted octanol–water partition coefficient (Wildman–Crippen LogP) is 3.03. The van der Waals surface area contributed by atoms with Gasteiger partial charge in [-0.05, 0) is 94.3 Å². The zero-order valence-corrected chi connectivity index (χ0v) is 46.0. The van der Waals surface area contributed by atoms with Gasteiger partial charge >= 0.3 is 19.8 Å². The van der Waals surface area contributed by atoms with Crippen molar-refractivity contribution in [3.05, 3.63) is 64.5 Å². The molecule has 78 heavy (non-hydrogen) atoms. The van der Waals surface area contributed by atoms with Crippen LogP contribution in [0.4, 0.5) is 11.4 Å². The number of carbonyl (C=O) groups is 8. The van der Waals surface area contributed by atoms with Gasteiger partial charge in [0.05, 0.1) is 33.5 Å². The van der Waals surface area contributed by atoms with E-state index in [1.54, 1.807) is 34.6 Å². The van der Waals surface area contributed by atoms with E-state index in [0.29, 0.717) is 70.3 Å². The van der Waals surface area contributed by atoms with Crippen molar-refractivity contribution in [2.75, 3.05) is 65.2 Å². The Balaban J connectivity index is 2.39. The van der Waals surface area contributed by atoms with Gasteiger partial charge in [-0.15, -0.1) is 0 Å². The van der Waals surface area contributed by atoms with Crippen LogP contribution in [0.2, 0.25) is 0 Å². The fraction of sp³-hybridized carbons (Fsp3) is 0.600. The van der Waals surface area contributed by atoms with Crippen LogP contribution in [0.25, 0.3) is 10.4 Å². The molecule has 6 amide bonds. The summed E-state index contributed by atoms with van der Waals surface area (Å²) in [4.78, 5) is 129. The van der Waals surface area contributed by atoms with E-state index in [1.165, 1.54) is 48.5 Å². The number of nitrogens with one attached hydrogen (secondary N) is 6. The third kappa shape index (κ3) is 29.7. The number of methoxy groups -OCH3 is 1. The number of ether oxygens (including phenoxy) is 5. The van der Waals surface area contributed by atoms with Gasteiger partial charge in [0, 0.05) is 68.1 Å². The number of benzene rings is 2. The second-order valence-electron chi connectivity index (χ2n) is 18.7. The van der Waals surface area contributed by atoms with Crippen molar-refractivity contribution in [3.8, 4) is 5.75 Å². The maximum absolute atomic E-state index is 14.5. The Morgan fingerprint density at radius 3 is 1.82 bits per heavy atom. The first-order valence-corrected chi connectivity index (χ1v) is 27.0. The fourth-order valence-corrected chi connectivity index (χ4v) is 7.33. The average Bonchev–Trinajstić information content (AvgIpc) is 3.38. The quantitative estimate of drug-likeness (QED) is 0.0116. The number of anilines is 1. The number of azide groups is 1. The maximum atomic E-state index is 14.5. The Hall–Kier alpha value is -6.70. The van der Waals surface area contributed by atoms with Crippen LogP contribution in [0, 0.1) is 5.92 Å². The Morgan fingerprint density at radius 1 is 0.718 bits per heavy atom. The summed E-state index contributed by atoms with van der Waals surface area (Å²) in [6.45, 7) is 11.6. The van der Waals surface area contributed by atoms with Crippen LogP contribution in [-0.4, -0.2) is 147 Å². The lowest BCUT2D eigenvalue weighted by molar-refractivity contribution is -0.155. The van der Waals surface area contributed by atoms with E-state index >= 15 is 0 Å². The molecule has 5 atom stereocenters. The number of amides is 6. The number of nitrogens with zero attached hydrogens (tertiary/aromatic N) is 3. The van der Waals surface area contributed by atoms with Crippen molar-refractivity contribution in [1.29, 1.82) is 0 Å². The molecular weight excluding hydrogens is 1040 g/mol. The summed E-state index contributed by atoms with van der Waals surface area (Å²) in [5.41, 5.74) is 14.2. The highest BCUT2D eigenvalue weighted by Crippen LogP contribution is 2.37. The van der Waals surface area contributed by atoms with Crippen molar-refractivity contribution in [2.45, 2.75) is 129 Å². The molecule has 10 N–H and O–H groups in total. The third-order valence-electron chi connectivity index (χ3n) is 11.1. The van der Waals surface area contributed by atoms with E-state index in [0.717, 1.165) is 13.5 Å². The summed E-state index contributed by atoms with van der Waals surface area (Å²) in [6.07, 6.45) is -0.889. The molecule has 0 aliphatic rings. The largest absolute Gasteiger partial charge is 0.524 e. The highest BCUT2D eigenvalue weighted by Gasteiger charge is 2.34. The number of esters is 2.